The maximum Gasteiger partial charge on any atom is 1.00 e. The molecule has 0 aromatic carbocycles. The number of nitrogens with zero attached hydrogens (tertiary/aromatic N) is 1. The Kier molecular flexibility index (Phi) is 4.78. The van der Waals surface area contributed by atoms with E-state index in [-0.39, 0.29) is 34.5 Å². The van der Waals surface area contributed by atoms with Crippen LogP contribution in [0, 0.1) is 5.92 Å². The van der Waals surface area contributed by atoms with Crippen molar-refractivity contribution in [2.75, 3.05) is 6.61 Å². The maximum absolute atomic E-state index is 12.6. The van der Waals surface area contributed by atoms with Crippen LogP contribution < -0.4 is 34.7 Å². The number of carbonyl (C=O) groups excluding carboxylic acids is 2. The van der Waals surface area contributed by atoms with E-state index in [4.69, 9.17) is 4.74 Å². The Balaban J connectivity index is 0.00000176. The van der Waals surface area contributed by atoms with E-state index in [0.29, 0.717) is 24.3 Å². The molecule has 10 heteroatoms. The second-order valence-electron chi connectivity index (χ2n) is 5.41. The number of hydrogen-bond donors (Lipinski definition) is 1. The second kappa shape index (κ2) is 5.88. The number of aliphatic hydroxyl groups is 1. The summed E-state index contributed by atoms with van der Waals surface area (Å²) >= 11 is 0. The Hall–Kier alpha value is -0.450. The fraction of sp³-hybridized carbons (Fsp3) is 0.667. The molecule has 0 aromatic rings. The van der Waals surface area contributed by atoms with Crippen LogP contribution in [0.25, 0.3) is 0 Å². The largest absolute Gasteiger partial charge is 1.00 e. The topological polar surface area (TPSA) is 124 Å². The predicted molar refractivity (Wildman–Crippen MR) is 65.7 cm³/mol. The third kappa shape index (κ3) is 2.26. The molecule has 3 rings (SSSR count). The van der Waals surface area contributed by atoms with Crippen molar-refractivity contribution >= 4 is 21.7 Å². The average Bonchev–Trinajstić information content (AvgIpc) is 2.92. The molecule has 0 spiro atoms. The van der Waals surface area contributed by atoms with Crippen LogP contribution in [0.4, 0.5) is 0 Å². The summed E-state index contributed by atoms with van der Waals surface area (Å²) in [5.74, 6) is -3.59. The molecule has 0 unspecified atom stereocenters. The van der Waals surface area contributed by atoms with Gasteiger partial charge in [-0.05, 0) is 19.8 Å². The van der Waals surface area contributed by atoms with Gasteiger partial charge in [-0.25, -0.2) is 8.42 Å². The molecule has 3 aliphatic rings. The summed E-state index contributed by atoms with van der Waals surface area (Å²) in [7, 11) is -4.05. The first-order chi connectivity index (χ1) is 9.78. The van der Waals surface area contributed by atoms with Crippen molar-refractivity contribution in [1.82, 2.24) is 4.90 Å². The fourth-order valence-corrected chi connectivity index (χ4v) is 5.68. The van der Waals surface area contributed by atoms with Gasteiger partial charge in [0.15, 0.2) is 5.37 Å². The number of rotatable bonds is 3. The molecule has 8 nitrogen and oxygen atoms in total. The van der Waals surface area contributed by atoms with Gasteiger partial charge in [0, 0.05) is 6.61 Å². The van der Waals surface area contributed by atoms with Gasteiger partial charge < -0.3 is 19.7 Å². The van der Waals surface area contributed by atoms with E-state index in [2.05, 4.69) is 0 Å². The van der Waals surface area contributed by atoms with Crippen molar-refractivity contribution < 1.29 is 62.5 Å². The van der Waals surface area contributed by atoms with Crippen LogP contribution in [0.1, 0.15) is 19.8 Å². The number of aliphatic carboxylic acids is 1. The summed E-state index contributed by atoms with van der Waals surface area (Å²) in [6, 6.07) is 0. The van der Waals surface area contributed by atoms with E-state index in [0.717, 1.165) is 0 Å². The maximum atomic E-state index is 12.6. The monoisotopic (exact) mass is 339 g/mol. The van der Waals surface area contributed by atoms with Gasteiger partial charge in [-0.3, -0.25) is 9.69 Å². The number of carboxylic acids is 1. The molecule has 1 N–H and O–H groups in total. The van der Waals surface area contributed by atoms with E-state index >= 15 is 0 Å². The number of carboxylic acid groups (broad SMARTS) is 1. The van der Waals surface area contributed by atoms with Gasteiger partial charge in [-0.2, -0.15) is 0 Å². The van der Waals surface area contributed by atoms with Crippen molar-refractivity contribution in [3.63, 3.8) is 0 Å². The second-order valence-corrected chi connectivity index (χ2v) is 7.43. The van der Waals surface area contributed by atoms with Crippen LogP contribution in [0.15, 0.2) is 10.6 Å². The molecule has 1 amide bonds. The van der Waals surface area contributed by atoms with Gasteiger partial charge in [0.1, 0.15) is 4.91 Å². The summed E-state index contributed by atoms with van der Waals surface area (Å²) in [5, 5.41) is 19.5. The van der Waals surface area contributed by atoms with Crippen molar-refractivity contribution in [3.8, 4) is 0 Å². The normalized spacial score (nSPS) is 34.0. The van der Waals surface area contributed by atoms with Crippen molar-refractivity contribution in [2.45, 2.75) is 37.3 Å². The molecular formula is C12H14NNaO7S. The number of β-lactam (4-membered cyclic amide) rings is 1. The Morgan fingerprint density at radius 1 is 1.50 bits per heavy atom. The number of carbonyl (C=O) groups is 2. The molecule has 0 aromatic heterocycles. The van der Waals surface area contributed by atoms with Gasteiger partial charge in [0.05, 0.1) is 29.8 Å². The molecule has 116 valence electrons. The summed E-state index contributed by atoms with van der Waals surface area (Å²) in [6.45, 7) is 1.64. The molecule has 2 fully saturated rings. The molecule has 3 heterocycles. The summed E-state index contributed by atoms with van der Waals surface area (Å²) in [4.78, 5) is 23.6. The van der Waals surface area contributed by atoms with Crippen LogP contribution in [0.2, 0.25) is 0 Å². The van der Waals surface area contributed by atoms with Gasteiger partial charge in [-0.1, -0.05) is 0 Å². The Labute approximate surface area is 149 Å². The minimum absolute atomic E-state index is 0. The van der Waals surface area contributed by atoms with Crippen LogP contribution in [0.5, 0.6) is 0 Å². The Morgan fingerprint density at radius 2 is 2.14 bits per heavy atom. The first-order valence-corrected chi connectivity index (χ1v) is 8.15. The van der Waals surface area contributed by atoms with Crippen molar-refractivity contribution in [3.05, 3.63) is 10.6 Å². The molecule has 4 atom stereocenters. The molecule has 3 aliphatic heterocycles. The first kappa shape index (κ1) is 17.9. The molecule has 0 saturated carbocycles. The zero-order chi connectivity index (χ0) is 15.5. The summed E-state index contributed by atoms with van der Waals surface area (Å²) in [5.41, 5.74) is -0.631. The van der Waals surface area contributed by atoms with E-state index in [1.165, 1.54) is 6.92 Å². The third-order valence-corrected chi connectivity index (χ3v) is 6.33. The van der Waals surface area contributed by atoms with Crippen LogP contribution in [0.3, 0.4) is 0 Å². The predicted octanol–water partition coefficient (Wildman–Crippen LogP) is -5.28. The van der Waals surface area contributed by atoms with E-state index in [1.807, 2.05) is 0 Å². The molecule has 22 heavy (non-hydrogen) atoms. The molecule has 2 saturated heterocycles. The van der Waals surface area contributed by atoms with Gasteiger partial charge in [0.25, 0.3) is 0 Å². The van der Waals surface area contributed by atoms with Gasteiger partial charge >= 0.3 is 29.6 Å². The summed E-state index contributed by atoms with van der Waals surface area (Å²) in [6.07, 6.45) is -1.06. The quantitative estimate of drug-likeness (QED) is 0.402. The Morgan fingerprint density at radius 3 is 2.59 bits per heavy atom. The van der Waals surface area contributed by atoms with E-state index in [1.54, 1.807) is 0 Å². The smallest absolute Gasteiger partial charge is 0.543 e. The fourth-order valence-electron chi connectivity index (χ4n) is 3.20. The number of ether oxygens (including phenoxy) is 1. The SMILES string of the molecule is C[C@@H](O)[C@H]1C(=O)N2C(C(=O)[O-])=C([C@H]3CCCO3)S(=O)(=O)[C@H]12.[Na+]. The number of hydrogen-bond acceptors (Lipinski definition) is 7. The van der Waals surface area contributed by atoms with Crippen molar-refractivity contribution in [1.29, 1.82) is 0 Å². The Bertz CT molecular complexity index is 650. The zero-order valence-electron chi connectivity index (χ0n) is 12.2. The molecular weight excluding hydrogens is 325 g/mol. The standard InChI is InChI=1S/C12H15NO7S.Na/c1-5(14)7-10(15)13-8(12(16)17)9(6-3-2-4-20-6)21(18,19)11(7)13;/h5-7,11,14H,2-4H2,1H3,(H,16,17);/q;+1/p-1/t5-,6-,7+,11-;/m1./s1. The van der Waals surface area contributed by atoms with Crippen molar-refractivity contribution in [2.24, 2.45) is 5.92 Å². The zero-order valence-corrected chi connectivity index (χ0v) is 15.0. The molecule has 0 radical (unpaired) electrons. The van der Waals surface area contributed by atoms with Gasteiger partial charge in [-0.15, -0.1) is 0 Å². The minimum atomic E-state index is -4.05. The first-order valence-electron chi connectivity index (χ1n) is 6.60. The molecule has 0 bridgehead atoms. The van der Waals surface area contributed by atoms with Crippen LogP contribution >= 0.6 is 0 Å². The number of aliphatic hydroxyl groups excluding tert-OH is 1. The number of amides is 1. The summed E-state index contributed by atoms with van der Waals surface area (Å²) < 4.78 is 30.4. The van der Waals surface area contributed by atoms with Crippen LogP contribution in [-0.2, 0) is 24.2 Å². The number of sulfone groups is 1. The third-order valence-electron chi connectivity index (χ3n) is 4.12. The van der Waals surface area contributed by atoms with Crippen LogP contribution in [-0.4, -0.2) is 54.5 Å². The van der Waals surface area contributed by atoms with E-state index in [9.17, 15) is 28.2 Å². The van der Waals surface area contributed by atoms with E-state index < -0.39 is 50.9 Å². The molecule has 0 aliphatic carbocycles. The number of fused-ring (bicyclic) bond motifs is 1. The minimum Gasteiger partial charge on any atom is -0.543 e. The van der Waals surface area contributed by atoms with Gasteiger partial charge in [0.2, 0.25) is 15.7 Å². The average molecular weight is 339 g/mol.